The molecule has 0 saturated heterocycles. The largest absolute Gasteiger partial charge is 0.327 e. The molecule has 0 bridgehead atoms. The molecule has 0 atom stereocenters. The van der Waals surface area contributed by atoms with Gasteiger partial charge in [-0.1, -0.05) is 24.3 Å². The van der Waals surface area contributed by atoms with Crippen molar-refractivity contribution in [2.75, 3.05) is 18.4 Å². The van der Waals surface area contributed by atoms with Crippen LogP contribution in [0.5, 0.6) is 0 Å². The highest BCUT2D eigenvalue weighted by molar-refractivity contribution is 6.39. The van der Waals surface area contributed by atoms with Gasteiger partial charge in [-0.15, -0.1) is 13.2 Å². The fourth-order valence-electron chi connectivity index (χ4n) is 1.43. The number of amides is 2. The van der Waals surface area contributed by atoms with Gasteiger partial charge in [0.05, 0.1) is 5.69 Å². The summed E-state index contributed by atoms with van der Waals surface area (Å²) in [4.78, 5) is 24.8. The number of hydrogen-bond acceptors (Lipinski definition) is 2. The Labute approximate surface area is 111 Å². The molecular weight excluding hydrogens is 247 g/mol. The molecule has 4 nitrogen and oxygen atoms in total. The van der Waals surface area contributed by atoms with Gasteiger partial charge in [-0.05, 0) is 12.1 Å². The van der Waals surface area contributed by atoms with E-state index in [1.807, 2.05) is 0 Å². The Bertz CT molecular complexity index is 490. The molecule has 1 aromatic rings. The summed E-state index contributed by atoms with van der Waals surface area (Å²) >= 11 is 0. The van der Waals surface area contributed by atoms with Crippen LogP contribution < -0.4 is 5.32 Å². The summed E-state index contributed by atoms with van der Waals surface area (Å²) in [7, 11) is 0. The molecule has 0 aromatic heterocycles. The van der Waals surface area contributed by atoms with E-state index in [1.165, 1.54) is 35.3 Å². The lowest BCUT2D eigenvalue weighted by molar-refractivity contribution is -0.142. The molecule has 0 aliphatic carbocycles. The molecule has 1 rings (SSSR count). The van der Waals surface area contributed by atoms with E-state index < -0.39 is 17.6 Å². The normalized spacial score (nSPS) is 9.53. The van der Waals surface area contributed by atoms with Crippen LogP contribution in [0.15, 0.2) is 49.6 Å². The number of halogens is 1. The summed E-state index contributed by atoms with van der Waals surface area (Å²) in [6.07, 6.45) is 3.00. The van der Waals surface area contributed by atoms with Gasteiger partial charge in [0.15, 0.2) is 0 Å². The Kier molecular flexibility index (Phi) is 5.47. The van der Waals surface area contributed by atoms with E-state index in [-0.39, 0.29) is 18.8 Å². The van der Waals surface area contributed by atoms with E-state index in [9.17, 15) is 14.0 Å². The third-order valence-corrected chi connectivity index (χ3v) is 2.30. The lowest BCUT2D eigenvalue weighted by atomic mass is 10.3. The highest BCUT2D eigenvalue weighted by Crippen LogP contribution is 2.12. The van der Waals surface area contributed by atoms with E-state index >= 15 is 0 Å². The van der Waals surface area contributed by atoms with E-state index in [4.69, 9.17) is 0 Å². The maximum atomic E-state index is 13.3. The van der Waals surface area contributed by atoms with Gasteiger partial charge in [-0.25, -0.2) is 4.39 Å². The highest BCUT2D eigenvalue weighted by Gasteiger charge is 2.20. The quantitative estimate of drug-likeness (QED) is 0.651. The minimum Gasteiger partial charge on any atom is -0.327 e. The van der Waals surface area contributed by atoms with Crippen molar-refractivity contribution in [3.63, 3.8) is 0 Å². The van der Waals surface area contributed by atoms with Crippen molar-refractivity contribution < 1.29 is 14.0 Å². The van der Waals surface area contributed by atoms with Crippen molar-refractivity contribution in [1.29, 1.82) is 0 Å². The third kappa shape index (κ3) is 4.06. The number of anilines is 1. The van der Waals surface area contributed by atoms with Gasteiger partial charge in [-0.3, -0.25) is 9.59 Å². The van der Waals surface area contributed by atoms with E-state index in [0.29, 0.717) is 0 Å². The Morgan fingerprint density at radius 2 is 1.79 bits per heavy atom. The Hall–Kier alpha value is -2.43. The average molecular weight is 262 g/mol. The summed E-state index contributed by atoms with van der Waals surface area (Å²) in [5.74, 6) is -2.25. The highest BCUT2D eigenvalue weighted by atomic mass is 19.1. The average Bonchev–Trinajstić information content (AvgIpc) is 2.40. The summed E-state index contributed by atoms with van der Waals surface area (Å²) in [5.41, 5.74) is -0.0296. The molecule has 100 valence electrons. The number of nitrogens with zero attached hydrogens (tertiary/aromatic N) is 1. The second-order valence-electron chi connectivity index (χ2n) is 3.72. The smallest absolute Gasteiger partial charge is 0.314 e. The molecule has 19 heavy (non-hydrogen) atoms. The molecule has 0 aliphatic rings. The van der Waals surface area contributed by atoms with Gasteiger partial charge in [0.25, 0.3) is 0 Å². The maximum Gasteiger partial charge on any atom is 0.314 e. The molecule has 0 saturated carbocycles. The summed E-state index contributed by atoms with van der Waals surface area (Å²) in [6, 6.07) is 5.64. The maximum absolute atomic E-state index is 13.3. The van der Waals surface area contributed by atoms with Crippen LogP contribution in [0.2, 0.25) is 0 Å². The number of benzene rings is 1. The van der Waals surface area contributed by atoms with Crippen molar-refractivity contribution >= 4 is 17.5 Å². The molecule has 0 radical (unpaired) electrons. The predicted octanol–water partition coefficient (Wildman–Crippen LogP) is 1.96. The first kappa shape index (κ1) is 14.6. The first-order valence-corrected chi connectivity index (χ1v) is 5.66. The lowest BCUT2D eigenvalue weighted by Gasteiger charge is -2.18. The van der Waals surface area contributed by atoms with Crippen LogP contribution in [0.1, 0.15) is 0 Å². The molecule has 5 heteroatoms. The molecule has 0 unspecified atom stereocenters. The summed E-state index contributed by atoms with van der Waals surface area (Å²) in [5, 5.41) is 2.23. The monoisotopic (exact) mass is 262 g/mol. The lowest BCUT2D eigenvalue weighted by Crippen LogP contribution is -2.40. The van der Waals surface area contributed by atoms with E-state index in [1.54, 1.807) is 6.07 Å². The second kappa shape index (κ2) is 7.10. The predicted molar refractivity (Wildman–Crippen MR) is 72.0 cm³/mol. The second-order valence-corrected chi connectivity index (χ2v) is 3.72. The van der Waals surface area contributed by atoms with Crippen LogP contribution in [0, 0.1) is 5.82 Å². The number of carbonyl (C=O) groups excluding carboxylic acids is 2. The number of para-hydroxylation sites is 1. The van der Waals surface area contributed by atoms with Crippen molar-refractivity contribution in [3.05, 3.63) is 55.4 Å². The fourth-order valence-corrected chi connectivity index (χ4v) is 1.43. The van der Waals surface area contributed by atoms with Gasteiger partial charge in [0.2, 0.25) is 0 Å². The minimum absolute atomic E-state index is 0.0296. The molecule has 2 amide bonds. The third-order valence-electron chi connectivity index (χ3n) is 2.30. The van der Waals surface area contributed by atoms with Gasteiger partial charge in [-0.2, -0.15) is 0 Å². The van der Waals surface area contributed by atoms with Crippen LogP contribution in [-0.2, 0) is 9.59 Å². The number of hydrogen-bond donors (Lipinski definition) is 1. The van der Waals surface area contributed by atoms with Crippen LogP contribution in [-0.4, -0.2) is 29.8 Å². The molecule has 0 spiro atoms. The van der Waals surface area contributed by atoms with Crippen LogP contribution in [0.25, 0.3) is 0 Å². The van der Waals surface area contributed by atoms with Crippen molar-refractivity contribution in [3.8, 4) is 0 Å². The van der Waals surface area contributed by atoms with Crippen LogP contribution in [0.4, 0.5) is 10.1 Å². The van der Waals surface area contributed by atoms with E-state index in [0.717, 1.165) is 0 Å². The topological polar surface area (TPSA) is 49.4 Å². The zero-order chi connectivity index (χ0) is 14.3. The summed E-state index contributed by atoms with van der Waals surface area (Å²) in [6.45, 7) is 7.44. The SMILES string of the molecule is C=CCN(CC=C)C(=O)C(=O)Nc1ccccc1F. The zero-order valence-electron chi connectivity index (χ0n) is 10.4. The van der Waals surface area contributed by atoms with Crippen LogP contribution >= 0.6 is 0 Å². The Morgan fingerprint density at radius 3 is 2.32 bits per heavy atom. The fraction of sp³-hybridized carbons (Fsp3) is 0.143. The summed E-state index contributed by atoms with van der Waals surface area (Å²) < 4.78 is 13.3. The Balaban J connectivity index is 2.76. The molecule has 0 fully saturated rings. The number of rotatable bonds is 5. The molecular formula is C14H15FN2O2. The van der Waals surface area contributed by atoms with Crippen molar-refractivity contribution in [2.24, 2.45) is 0 Å². The first-order valence-electron chi connectivity index (χ1n) is 5.66. The number of carbonyl (C=O) groups is 2. The number of nitrogens with one attached hydrogen (secondary N) is 1. The first-order chi connectivity index (χ1) is 9.10. The van der Waals surface area contributed by atoms with Crippen molar-refractivity contribution in [1.82, 2.24) is 4.90 Å². The molecule has 0 aliphatic heterocycles. The Morgan fingerprint density at radius 1 is 1.21 bits per heavy atom. The van der Waals surface area contributed by atoms with Gasteiger partial charge < -0.3 is 10.2 Å². The van der Waals surface area contributed by atoms with E-state index in [2.05, 4.69) is 18.5 Å². The molecule has 1 N–H and O–H groups in total. The van der Waals surface area contributed by atoms with Crippen molar-refractivity contribution in [2.45, 2.75) is 0 Å². The zero-order valence-corrected chi connectivity index (χ0v) is 10.4. The van der Waals surface area contributed by atoms with Crippen LogP contribution in [0.3, 0.4) is 0 Å². The molecule has 1 aromatic carbocycles. The standard InChI is InChI=1S/C14H15FN2O2/c1-3-9-17(10-4-2)14(19)13(18)16-12-8-6-5-7-11(12)15/h3-8H,1-2,9-10H2,(H,16,18). The van der Waals surface area contributed by atoms with Gasteiger partial charge >= 0.3 is 11.8 Å². The van der Waals surface area contributed by atoms with Gasteiger partial charge in [0, 0.05) is 13.1 Å². The molecule has 0 heterocycles. The minimum atomic E-state index is -0.895. The van der Waals surface area contributed by atoms with Gasteiger partial charge in [0.1, 0.15) is 5.82 Å².